The Bertz CT molecular complexity index is 856. The molecule has 0 saturated carbocycles. The number of hydrogen-bond donors (Lipinski definition) is 1. The van der Waals surface area contributed by atoms with Crippen molar-refractivity contribution < 1.29 is 9.59 Å². The van der Waals surface area contributed by atoms with Crippen LogP contribution in [0.1, 0.15) is 5.56 Å². The number of amides is 2. The molecule has 1 heterocycles. The molecule has 1 aliphatic rings. The van der Waals surface area contributed by atoms with E-state index in [1.807, 2.05) is 43.3 Å². The third kappa shape index (κ3) is 3.62. The topological polar surface area (TPSA) is 52.7 Å². The quantitative estimate of drug-likeness (QED) is 0.659. The molecule has 0 bridgehead atoms. The van der Waals surface area contributed by atoms with Crippen molar-refractivity contribution in [2.75, 3.05) is 24.0 Å². The van der Waals surface area contributed by atoms with E-state index in [1.165, 1.54) is 0 Å². The Kier molecular flexibility index (Phi) is 4.70. The maximum absolute atomic E-state index is 12.6. The van der Waals surface area contributed by atoms with Gasteiger partial charge in [0.05, 0.1) is 5.69 Å². The number of rotatable bonds is 3. The summed E-state index contributed by atoms with van der Waals surface area (Å²) >= 11 is 11.9. The van der Waals surface area contributed by atoms with E-state index in [-0.39, 0.29) is 5.57 Å². The third-order valence-corrected chi connectivity index (χ3v) is 4.15. The summed E-state index contributed by atoms with van der Waals surface area (Å²) in [4.78, 5) is 26.8. The van der Waals surface area contributed by atoms with Gasteiger partial charge in [-0.05, 0) is 42.0 Å². The monoisotopic (exact) mass is 375 g/mol. The van der Waals surface area contributed by atoms with Crippen LogP contribution in [-0.2, 0) is 9.59 Å². The van der Waals surface area contributed by atoms with Gasteiger partial charge in [-0.25, -0.2) is 5.01 Å². The maximum Gasteiger partial charge on any atom is 0.282 e. The minimum atomic E-state index is -0.474. The normalized spacial score (nSPS) is 15.7. The molecule has 7 heteroatoms. The standard InChI is InChI=1S/C18H15Cl2N3O2/c1-22(2)14-5-3-11(4-6-14)7-16-17(24)21-23(18(16)25)15-9-12(19)8-13(20)10-15/h3-10H,1-2H3,(H,21,24)/b16-7-. The molecule has 1 N–H and O–H groups in total. The summed E-state index contributed by atoms with van der Waals surface area (Å²) in [5.41, 5.74) is 4.77. The zero-order valence-electron chi connectivity index (χ0n) is 13.6. The van der Waals surface area contributed by atoms with E-state index in [1.54, 1.807) is 24.3 Å². The highest BCUT2D eigenvalue weighted by molar-refractivity contribution is 6.36. The molecule has 3 rings (SSSR count). The maximum atomic E-state index is 12.6. The van der Waals surface area contributed by atoms with Crippen molar-refractivity contribution in [3.8, 4) is 0 Å². The van der Waals surface area contributed by atoms with Crippen molar-refractivity contribution in [2.24, 2.45) is 0 Å². The molecule has 0 atom stereocenters. The molecule has 0 aliphatic carbocycles. The van der Waals surface area contributed by atoms with E-state index < -0.39 is 11.8 Å². The van der Waals surface area contributed by atoms with Gasteiger partial charge in [0.1, 0.15) is 5.57 Å². The second-order valence-electron chi connectivity index (χ2n) is 5.75. The molecular weight excluding hydrogens is 361 g/mol. The first-order valence-corrected chi connectivity index (χ1v) is 8.21. The van der Waals surface area contributed by atoms with Gasteiger partial charge < -0.3 is 4.90 Å². The van der Waals surface area contributed by atoms with Gasteiger partial charge in [-0.3, -0.25) is 15.0 Å². The molecule has 5 nitrogen and oxygen atoms in total. The summed E-state index contributed by atoms with van der Waals surface area (Å²) in [5.74, 6) is -0.933. The number of hydrazine groups is 1. The minimum Gasteiger partial charge on any atom is -0.378 e. The van der Waals surface area contributed by atoms with Crippen molar-refractivity contribution in [1.29, 1.82) is 0 Å². The molecule has 0 spiro atoms. The fourth-order valence-electron chi connectivity index (χ4n) is 2.44. The Balaban J connectivity index is 1.90. The van der Waals surface area contributed by atoms with Crippen LogP contribution in [0.15, 0.2) is 48.0 Å². The van der Waals surface area contributed by atoms with Crippen LogP contribution in [0.2, 0.25) is 10.0 Å². The van der Waals surface area contributed by atoms with Crippen LogP contribution in [0.3, 0.4) is 0 Å². The van der Waals surface area contributed by atoms with Gasteiger partial charge in [0, 0.05) is 29.8 Å². The Hall–Kier alpha value is -2.50. The molecule has 1 aliphatic heterocycles. The Labute approximate surface area is 155 Å². The number of carbonyl (C=O) groups excluding carboxylic acids is 2. The Morgan fingerprint density at radius 2 is 1.60 bits per heavy atom. The van der Waals surface area contributed by atoms with Gasteiger partial charge in [0.25, 0.3) is 11.8 Å². The molecule has 1 saturated heterocycles. The molecular formula is C18H15Cl2N3O2. The summed E-state index contributed by atoms with van der Waals surface area (Å²) < 4.78 is 0. The molecule has 0 radical (unpaired) electrons. The van der Waals surface area contributed by atoms with Crippen LogP contribution in [-0.4, -0.2) is 25.9 Å². The smallest absolute Gasteiger partial charge is 0.282 e. The number of hydrogen-bond acceptors (Lipinski definition) is 3. The second kappa shape index (κ2) is 6.78. The van der Waals surface area contributed by atoms with Crippen LogP contribution < -0.4 is 15.3 Å². The van der Waals surface area contributed by atoms with Crippen LogP contribution >= 0.6 is 23.2 Å². The van der Waals surface area contributed by atoms with Gasteiger partial charge in [0.2, 0.25) is 0 Å². The number of anilines is 2. The summed E-state index contributed by atoms with van der Waals surface area (Å²) in [6, 6.07) is 12.2. The number of carbonyl (C=O) groups is 2. The van der Waals surface area contributed by atoms with Gasteiger partial charge >= 0.3 is 0 Å². The molecule has 2 amide bonds. The molecule has 0 aromatic heterocycles. The fourth-order valence-corrected chi connectivity index (χ4v) is 2.96. The second-order valence-corrected chi connectivity index (χ2v) is 6.63. The first-order chi connectivity index (χ1) is 11.8. The number of halogens is 2. The summed E-state index contributed by atoms with van der Waals surface area (Å²) in [7, 11) is 3.88. The molecule has 128 valence electrons. The zero-order chi connectivity index (χ0) is 18.1. The number of benzene rings is 2. The lowest BCUT2D eigenvalue weighted by atomic mass is 10.1. The summed E-state index contributed by atoms with van der Waals surface area (Å²) in [6.45, 7) is 0. The van der Waals surface area contributed by atoms with Crippen molar-refractivity contribution in [3.63, 3.8) is 0 Å². The molecule has 1 fully saturated rings. The lowest BCUT2D eigenvalue weighted by molar-refractivity contribution is -0.117. The van der Waals surface area contributed by atoms with Gasteiger partial charge in [-0.1, -0.05) is 35.3 Å². The summed E-state index contributed by atoms with van der Waals surface area (Å²) in [6.07, 6.45) is 1.56. The van der Waals surface area contributed by atoms with Crippen molar-refractivity contribution in [1.82, 2.24) is 5.43 Å². The average Bonchev–Trinajstić information content (AvgIpc) is 2.82. The SMILES string of the molecule is CN(C)c1ccc(/C=C2/C(=O)NN(c3cc(Cl)cc(Cl)c3)C2=O)cc1. The van der Waals surface area contributed by atoms with Crippen LogP contribution in [0, 0.1) is 0 Å². The molecule has 0 unspecified atom stereocenters. The number of nitrogens with zero attached hydrogens (tertiary/aromatic N) is 2. The van der Waals surface area contributed by atoms with E-state index in [2.05, 4.69) is 5.43 Å². The van der Waals surface area contributed by atoms with Crippen molar-refractivity contribution in [3.05, 3.63) is 63.6 Å². The molecule has 2 aromatic carbocycles. The lowest BCUT2D eigenvalue weighted by Crippen LogP contribution is -2.35. The first-order valence-electron chi connectivity index (χ1n) is 7.46. The fraction of sp³-hybridized carbons (Fsp3) is 0.111. The van der Waals surface area contributed by atoms with Crippen LogP contribution in [0.5, 0.6) is 0 Å². The van der Waals surface area contributed by atoms with E-state index in [9.17, 15) is 9.59 Å². The van der Waals surface area contributed by atoms with Crippen LogP contribution in [0.4, 0.5) is 11.4 Å². The van der Waals surface area contributed by atoms with Gasteiger partial charge in [0.15, 0.2) is 0 Å². The van der Waals surface area contributed by atoms with E-state index in [4.69, 9.17) is 23.2 Å². The Morgan fingerprint density at radius 1 is 1.00 bits per heavy atom. The van der Waals surface area contributed by atoms with E-state index >= 15 is 0 Å². The van der Waals surface area contributed by atoms with Gasteiger partial charge in [-0.2, -0.15) is 0 Å². The zero-order valence-corrected chi connectivity index (χ0v) is 15.1. The highest BCUT2D eigenvalue weighted by atomic mass is 35.5. The Morgan fingerprint density at radius 3 is 2.16 bits per heavy atom. The van der Waals surface area contributed by atoms with Crippen molar-refractivity contribution >= 4 is 52.5 Å². The largest absolute Gasteiger partial charge is 0.378 e. The lowest BCUT2D eigenvalue weighted by Gasteiger charge is -2.15. The predicted molar refractivity (Wildman–Crippen MR) is 101 cm³/mol. The highest BCUT2D eigenvalue weighted by Crippen LogP contribution is 2.28. The minimum absolute atomic E-state index is 0.0497. The molecule has 2 aromatic rings. The highest BCUT2D eigenvalue weighted by Gasteiger charge is 2.34. The van der Waals surface area contributed by atoms with Gasteiger partial charge in [-0.15, -0.1) is 0 Å². The third-order valence-electron chi connectivity index (χ3n) is 3.72. The van der Waals surface area contributed by atoms with E-state index in [0.717, 1.165) is 16.3 Å². The average molecular weight is 376 g/mol. The predicted octanol–water partition coefficient (Wildman–Crippen LogP) is 3.52. The number of nitrogens with one attached hydrogen (secondary N) is 1. The van der Waals surface area contributed by atoms with E-state index in [0.29, 0.717) is 15.7 Å². The van der Waals surface area contributed by atoms with Crippen molar-refractivity contribution in [2.45, 2.75) is 0 Å². The summed E-state index contributed by atoms with van der Waals surface area (Å²) in [5, 5.41) is 1.89. The van der Waals surface area contributed by atoms with Crippen LogP contribution in [0.25, 0.3) is 6.08 Å². The first kappa shape index (κ1) is 17.3. The molecule has 25 heavy (non-hydrogen) atoms.